The molecule has 34 heavy (non-hydrogen) atoms. The zero-order valence-electron chi connectivity index (χ0n) is 20.3. The molecule has 2 aliphatic heterocycles. The van der Waals surface area contributed by atoms with Gasteiger partial charge in [-0.05, 0) is 53.1 Å². The molecule has 2 amide bonds. The molecule has 5 rings (SSSR count). The van der Waals surface area contributed by atoms with Crippen LogP contribution in [0, 0.1) is 6.92 Å². The number of carbonyl (C=O) groups is 2. The number of anilines is 1. The van der Waals surface area contributed by atoms with E-state index in [1.807, 2.05) is 61.5 Å². The number of hydrogen-bond donors (Lipinski definition) is 0. The molecule has 0 saturated heterocycles. The molecule has 0 N–H and O–H groups in total. The molecule has 2 aliphatic rings. The van der Waals surface area contributed by atoms with Crippen LogP contribution in [0.15, 0.2) is 78.5 Å². The van der Waals surface area contributed by atoms with Gasteiger partial charge in [-0.3, -0.25) is 9.59 Å². The Morgan fingerprint density at radius 2 is 1.41 bits per heavy atom. The van der Waals surface area contributed by atoms with Gasteiger partial charge in [-0.1, -0.05) is 87.0 Å². The van der Waals surface area contributed by atoms with Crippen LogP contribution < -0.4 is 4.90 Å². The molecule has 0 saturated carbocycles. The van der Waals surface area contributed by atoms with Gasteiger partial charge in [0.2, 0.25) is 0 Å². The number of hydrogen-bond acceptors (Lipinski definition) is 3. The quantitative estimate of drug-likeness (QED) is 0.485. The second-order valence-corrected chi connectivity index (χ2v) is 10.3. The van der Waals surface area contributed by atoms with Crippen LogP contribution in [0.4, 0.5) is 5.69 Å². The largest absolute Gasteiger partial charge is 0.362 e. The topological polar surface area (TPSA) is 40.6 Å². The maximum atomic E-state index is 13.9. The first-order valence-electron chi connectivity index (χ1n) is 11.9. The maximum absolute atomic E-state index is 13.9. The van der Waals surface area contributed by atoms with Crippen LogP contribution >= 0.6 is 0 Å². The van der Waals surface area contributed by atoms with Gasteiger partial charge in [0, 0.05) is 13.1 Å². The number of aryl methyl sites for hydroxylation is 1. The summed E-state index contributed by atoms with van der Waals surface area (Å²) in [4.78, 5) is 31.1. The first kappa shape index (κ1) is 22.1. The molecular weight excluding hydrogens is 420 g/mol. The SMILES string of the molecule is Cc1ccc(C2=C(N3CCc4ccccc4C3)C(=O)N(c3ccc(C(C)(C)C)cc3)C2=O)cc1. The lowest BCUT2D eigenvalue weighted by Crippen LogP contribution is -2.37. The van der Waals surface area contributed by atoms with Crippen LogP contribution in [0.3, 0.4) is 0 Å². The molecule has 0 spiro atoms. The molecule has 4 nitrogen and oxygen atoms in total. The highest BCUT2D eigenvalue weighted by Gasteiger charge is 2.43. The summed E-state index contributed by atoms with van der Waals surface area (Å²) in [6, 6.07) is 24.0. The van der Waals surface area contributed by atoms with E-state index in [1.54, 1.807) is 0 Å². The Labute approximate surface area is 201 Å². The van der Waals surface area contributed by atoms with Gasteiger partial charge in [0.25, 0.3) is 11.8 Å². The van der Waals surface area contributed by atoms with E-state index in [-0.39, 0.29) is 17.2 Å². The third-order valence-corrected chi connectivity index (χ3v) is 6.84. The van der Waals surface area contributed by atoms with Crippen LogP contribution in [0.25, 0.3) is 5.57 Å². The molecule has 0 unspecified atom stereocenters. The molecule has 0 aliphatic carbocycles. The van der Waals surface area contributed by atoms with E-state index < -0.39 is 0 Å². The van der Waals surface area contributed by atoms with E-state index in [1.165, 1.54) is 16.0 Å². The fourth-order valence-electron chi connectivity index (χ4n) is 4.82. The van der Waals surface area contributed by atoms with Gasteiger partial charge in [-0.2, -0.15) is 0 Å². The Kier molecular flexibility index (Phi) is 5.40. The average Bonchev–Trinajstić information content (AvgIpc) is 3.08. The summed E-state index contributed by atoms with van der Waals surface area (Å²) in [5.41, 5.74) is 7.17. The lowest BCUT2D eigenvalue weighted by Gasteiger charge is -2.31. The molecular formula is C30H30N2O2. The number of imide groups is 1. The zero-order chi connectivity index (χ0) is 24.0. The van der Waals surface area contributed by atoms with Gasteiger partial charge in [0.05, 0.1) is 11.3 Å². The maximum Gasteiger partial charge on any atom is 0.282 e. The summed E-state index contributed by atoms with van der Waals surface area (Å²) in [7, 11) is 0. The molecule has 0 atom stereocenters. The highest BCUT2D eigenvalue weighted by Crippen LogP contribution is 2.37. The molecule has 3 aromatic carbocycles. The summed E-state index contributed by atoms with van der Waals surface area (Å²) in [5.74, 6) is -0.505. The molecule has 4 heteroatoms. The molecule has 2 heterocycles. The highest BCUT2D eigenvalue weighted by atomic mass is 16.2. The van der Waals surface area contributed by atoms with Crippen molar-refractivity contribution < 1.29 is 9.59 Å². The normalized spacial score (nSPS) is 16.4. The van der Waals surface area contributed by atoms with Crippen LogP contribution in [0.1, 0.15) is 48.6 Å². The van der Waals surface area contributed by atoms with Crippen molar-refractivity contribution in [2.75, 3.05) is 11.4 Å². The lowest BCUT2D eigenvalue weighted by molar-refractivity contribution is -0.120. The van der Waals surface area contributed by atoms with Crippen LogP contribution in [0.5, 0.6) is 0 Å². The second-order valence-electron chi connectivity index (χ2n) is 10.3. The van der Waals surface area contributed by atoms with E-state index >= 15 is 0 Å². The minimum Gasteiger partial charge on any atom is -0.362 e. The Balaban J connectivity index is 1.58. The number of amides is 2. The predicted octanol–water partition coefficient (Wildman–Crippen LogP) is 5.64. The van der Waals surface area contributed by atoms with Crippen molar-refractivity contribution in [2.45, 2.75) is 46.1 Å². The molecule has 3 aromatic rings. The van der Waals surface area contributed by atoms with Crippen molar-refractivity contribution in [1.82, 2.24) is 4.90 Å². The molecule has 0 aromatic heterocycles. The van der Waals surface area contributed by atoms with Crippen molar-refractivity contribution in [3.8, 4) is 0 Å². The Morgan fingerprint density at radius 1 is 0.765 bits per heavy atom. The highest BCUT2D eigenvalue weighted by molar-refractivity contribution is 6.45. The van der Waals surface area contributed by atoms with Crippen molar-refractivity contribution in [2.24, 2.45) is 0 Å². The monoisotopic (exact) mass is 450 g/mol. The second kappa shape index (κ2) is 8.28. The number of carbonyl (C=O) groups excluding carboxylic acids is 2. The Bertz CT molecular complexity index is 1290. The number of nitrogens with zero attached hydrogens (tertiary/aromatic N) is 2. The third kappa shape index (κ3) is 3.83. The smallest absolute Gasteiger partial charge is 0.282 e. The molecule has 0 bridgehead atoms. The first-order valence-corrected chi connectivity index (χ1v) is 11.9. The van der Waals surface area contributed by atoms with E-state index in [0.29, 0.717) is 30.0 Å². The predicted molar refractivity (Wildman–Crippen MR) is 136 cm³/mol. The number of rotatable bonds is 3. The van der Waals surface area contributed by atoms with Crippen LogP contribution in [-0.4, -0.2) is 23.3 Å². The zero-order valence-corrected chi connectivity index (χ0v) is 20.3. The van der Waals surface area contributed by atoms with Crippen molar-refractivity contribution in [3.05, 3.63) is 106 Å². The third-order valence-electron chi connectivity index (χ3n) is 6.84. The van der Waals surface area contributed by atoms with Crippen molar-refractivity contribution >= 4 is 23.1 Å². The number of fused-ring (bicyclic) bond motifs is 1. The van der Waals surface area contributed by atoms with E-state index in [0.717, 1.165) is 23.1 Å². The summed E-state index contributed by atoms with van der Waals surface area (Å²) < 4.78 is 0. The summed E-state index contributed by atoms with van der Waals surface area (Å²) in [6.07, 6.45) is 0.850. The molecule has 0 radical (unpaired) electrons. The van der Waals surface area contributed by atoms with Crippen molar-refractivity contribution in [1.29, 1.82) is 0 Å². The van der Waals surface area contributed by atoms with Gasteiger partial charge in [-0.25, -0.2) is 4.90 Å². The lowest BCUT2D eigenvalue weighted by atomic mass is 9.87. The van der Waals surface area contributed by atoms with Crippen molar-refractivity contribution in [3.63, 3.8) is 0 Å². The minimum absolute atomic E-state index is 0.00474. The standard InChI is InChI=1S/C30H30N2O2/c1-20-9-11-22(12-10-20)26-27(31-18-17-21-7-5-6-8-23(21)19-31)29(34)32(28(26)33)25-15-13-24(14-16-25)30(2,3)4/h5-16H,17-19H2,1-4H3. The average molecular weight is 451 g/mol. The summed E-state index contributed by atoms with van der Waals surface area (Å²) in [6.45, 7) is 9.80. The Morgan fingerprint density at radius 3 is 2.06 bits per heavy atom. The molecule has 172 valence electrons. The van der Waals surface area contributed by atoms with Crippen LogP contribution in [0.2, 0.25) is 0 Å². The Hall–Kier alpha value is -3.66. The van der Waals surface area contributed by atoms with E-state index in [2.05, 4.69) is 43.9 Å². The minimum atomic E-state index is -0.258. The number of benzene rings is 3. The van der Waals surface area contributed by atoms with Gasteiger partial charge >= 0.3 is 0 Å². The fourth-order valence-corrected chi connectivity index (χ4v) is 4.82. The summed E-state index contributed by atoms with van der Waals surface area (Å²) >= 11 is 0. The van der Waals surface area contributed by atoms with Gasteiger partial charge in [0.15, 0.2) is 0 Å². The first-order chi connectivity index (χ1) is 16.2. The van der Waals surface area contributed by atoms with Gasteiger partial charge in [0.1, 0.15) is 5.70 Å². The molecule has 0 fully saturated rings. The van der Waals surface area contributed by atoms with E-state index in [9.17, 15) is 9.59 Å². The van der Waals surface area contributed by atoms with Gasteiger partial charge < -0.3 is 4.90 Å². The van der Waals surface area contributed by atoms with Crippen LogP contribution in [-0.2, 0) is 28.0 Å². The fraction of sp³-hybridized carbons (Fsp3) is 0.267. The van der Waals surface area contributed by atoms with E-state index in [4.69, 9.17) is 0 Å². The van der Waals surface area contributed by atoms with Gasteiger partial charge in [-0.15, -0.1) is 0 Å². The summed E-state index contributed by atoms with van der Waals surface area (Å²) in [5, 5.41) is 0.